The fourth-order valence-electron chi connectivity index (χ4n) is 10.1. The van der Waals surface area contributed by atoms with E-state index in [9.17, 15) is 14.4 Å². The van der Waals surface area contributed by atoms with Gasteiger partial charge in [-0.05, 0) is 102 Å². The number of hydrogen-bond donors (Lipinski definition) is 3. The molecular formula is C43H43F2N7O4. The monoisotopic (exact) mass is 759 g/mol. The molecule has 10 rings (SSSR count). The van der Waals surface area contributed by atoms with E-state index in [1.807, 2.05) is 54.0 Å². The summed E-state index contributed by atoms with van der Waals surface area (Å²) in [5.74, 6) is -1.83. The number of piperidine rings is 1. The number of likely N-dealkylation sites (tertiary alicyclic amines) is 2. The van der Waals surface area contributed by atoms with E-state index in [2.05, 4.69) is 20.3 Å². The van der Waals surface area contributed by atoms with Crippen LogP contribution in [0.4, 0.5) is 13.6 Å². The van der Waals surface area contributed by atoms with Gasteiger partial charge in [0.25, 0.3) is 5.92 Å². The maximum absolute atomic E-state index is 16.5. The molecule has 3 aliphatic carbocycles. The Hall–Kier alpha value is -5.59. The quantitative estimate of drug-likeness (QED) is 0.138. The lowest BCUT2D eigenvalue weighted by atomic mass is 9.98. The van der Waals surface area contributed by atoms with E-state index in [1.54, 1.807) is 24.4 Å². The first-order chi connectivity index (χ1) is 27.0. The van der Waals surface area contributed by atoms with Gasteiger partial charge in [0.1, 0.15) is 17.7 Å². The summed E-state index contributed by atoms with van der Waals surface area (Å²) in [5, 5.41) is 2.70. The van der Waals surface area contributed by atoms with Gasteiger partial charge in [-0.2, -0.15) is 8.78 Å². The van der Waals surface area contributed by atoms with Crippen LogP contribution in [0.5, 0.6) is 0 Å². The Kier molecular flexibility index (Phi) is 7.76. The normalized spacial score (nSPS) is 24.2. The summed E-state index contributed by atoms with van der Waals surface area (Å²) in [6.45, 7) is 4.33. The third-order valence-electron chi connectivity index (χ3n) is 13.2. The van der Waals surface area contributed by atoms with E-state index in [0.29, 0.717) is 46.2 Å². The van der Waals surface area contributed by atoms with Gasteiger partial charge in [-0.25, -0.2) is 14.8 Å². The highest BCUT2D eigenvalue weighted by molar-refractivity contribution is 5.88. The van der Waals surface area contributed by atoms with Crippen molar-refractivity contribution in [3.05, 3.63) is 83.6 Å². The number of H-pyrrole nitrogens is 2. The van der Waals surface area contributed by atoms with E-state index in [4.69, 9.17) is 9.72 Å². The maximum Gasteiger partial charge on any atom is 0.407 e. The zero-order valence-corrected chi connectivity index (χ0v) is 31.4. The summed E-state index contributed by atoms with van der Waals surface area (Å²) in [7, 11) is 1.27. The lowest BCUT2D eigenvalue weighted by Gasteiger charge is -2.30. The summed E-state index contributed by atoms with van der Waals surface area (Å²) in [4.78, 5) is 58.0. The van der Waals surface area contributed by atoms with Crippen molar-refractivity contribution >= 4 is 29.4 Å². The second-order valence-corrected chi connectivity index (χ2v) is 16.9. The van der Waals surface area contributed by atoms with E-state index in [-0.39, 0.29) is 46.5 Å². The van der Waals surface area contributed by atoms with E-state index in [0.717, 1.165) is 67.4 Å². The summed E-state index contributed by atoms with van der Waals surface area (Å²) in [6, 6.07) is 15.2. The van der Waals surface area contributed by atoms with Crippen LogP contribution in [0.2, 0.25) is 0 Å². The Labute approximate surface area is 322 Å². The van der Waals surface area contributed by atoms with Crippen molar-refractivity contribution in [3.63, 3.8) is 0 Å². The predicted molar refractivity (Wildman–Crippen MR) is 204 cm³/mol. The number of alkyl carbamates (subject to hydrolysis) is 1. The molecule has 13 heteroatoms. The molecule has 4 fully saturated rings. The number of alkyl halides is 2. The molecule has 11 nitrogen and oxygen atoms in total. The topological polar surface area (TPSA) is 136 Å². The minimum atomic E-state index is -3.24. The molecule has 5 unspecified atom stereocenters. The number of carbonyl (C=O) groups is 3. The number of aromatic nitrogens is 4. The van der Waals surface area contributed by atoms with Crippen LogP contribution in [0.15, 0.2) is 60.8 Å². The number of nitrogens with zero attached hydrogens (tertiary/aromatic N) is 4. The van der Waals surface area contributed by atoms with Crippen LogP contribution in [0, 0.1) is 17.3 Å². The van der Waals surface area contributed by atoms with Crippen molar-refractivity contribution in [3.8, 4) is 33.5 Å². The first kappa shape index (κ1) is 34.9. The van der Waals surface area contributed by atoms with E-state index < -0.39 is 18.1 Å². The number of rotatable bonds is 8. The van der Waals surface area contributed by atoms with Crippen LogP contribution in [-0.4, -0.2) is 73.9 Å². The van der Waals surface area contributed by atoms with Crippen molar-refractivity contribution in [1.29, 1.82) is 0 Å². The number of hydrogen-bond acceptors (Lipinski definition) is 6. The fourth-order valence-corrected chi connectivity index (χ4v) is 10.1. The van der Waals surface area contributed by atoms with Crippen molar-refractivity contribution in [2.75, 3.05) is 13.7 Å². The Morgan fingerprint density at radius 1 is 0.964 bits per heavy atom. The molecule has 5 aliphatic rings. The molecule has 2 aliphatic heterocycles. The van der Waals surface area contributed by atoms with Crippen LogP contribution >= 0.6 is 0 Å². The minimum Gasteiger partial charge on any atom is -0.453 e. The molecule has 2 aromatic heterocycles. The van der Waals surface area contributed by atoms with Crippen molar-refractivity contribution in [1.82, 2.24) is 35.1 Å². The Bertz CT molecular complexity index is 2440. The summed E-state index contributed by atoms with van der Waals surface area (Å²) < 4.78 is 37.7. The zero-order chi connectivity index (χ0) is 38.7. The summed E-state index contributed by atoms with van der Waals surface area (Å²) in [5.41, 5.74) is 5.11. The largest absolute Gasteiger partial charge is 0.453 e. The molecule has 2 bridgehead atoms. The number of methoxy groups -OCH3 is 1. The lowest BCUT2D eigenvalue weighted by Crippen LogP contribution is -2.51. The molecule has 4 heterocycles. The number of fused-ring (bicyclic) bond motifs is 6. The van der Waals surface area contributed by atoms with Gasteiger partial charge < -0.3 is 29.8 Å². The lowest BCUT2D eigenvalue weighted by molar-refractivity contribution is -0.135. The second-order valence-electron chi connectivity index (χ2n) is 16.9. The minimum absolute atomic E-state index is 0.0293. The average Bonchev–Trinajstić information content (AvgIpc) is 3.85. The average molecular weight is 760 g/mol. The van der Waals surface area contributed by atoms with E-state index in [1.165, 1.54) is 13.2 Å². The number of imidazole rings is 2. The van der Waals surface area contributed by atoms with Gasteiger partial charge in [0.05, 0.1) is 42.1 Å². The number of benzene rings is 3. The number of ether oxygens (including phenoxy) is 1. The van der Waals surface area contributed by atoms with Crippen LogP contribution in [0.1, 0.15) is 87.2 Å². The van der Waals surface area contributed by atoms with Gasteiger partial charge in [-0.3, -0.25) is 9.59 Å². The number of amides is 3. The fraction of sp³-hybridized carbons (Fsp3) is 0.419. The number of halogens is 2. The predicted octanol–water partition coefficient (Wildman–Crippen LogP) is 7.86. The van der Waals surface area contributed by atoms with Crippen LogP contribution in [0.25, 0.3) is 44.5 Å². The third-order valence-corrected chi connectivity index (χ3v) is 13.2. The molecular weight excluding hydrogens is 717 g/mol. The molecule has 3 N–H and O–H groups in total. The van der Waals surface area contributed by atoms with Crippen molar-refractivity contribution in [2.24, 2.45) is 17.3 Å². The standard InChI is InChI=1S/C43H43F2N7O4/c1-22(2)36(50-41(55)56-3)40(54)51-20-42(12-13-42)18-35(51)38-46-19-34(49-38)25-6-10-29-28-9-5-23(15-30(28)43(44,45)31(29)16-25)24-7-11-32-33(17-24)48-39(47-32)37-26-4-8-27(14-26)52(37)21-53/h5-7,9-11,15-17,19,21-22,26-27,35-37H,4,8,12-14,18,20H2,1-3H3,(H,46,49)(H,47,48)(H,50,55). The van der Waals surface area contributed by atoms with Gasteiger partial charge in [0.15, 0.2) is 0 Å². The molecule has 56 heavy (non-hydrogen) atoms. The summed E-state index contributed by atoms with van der Waals surface area (Å²) >= 11 is 0. The molecule has 2 saturated carbocycles. The maximum atomic E-state index is 16.5. The van der Waals surface area contributed by atoms with Crippen LogP contribution in [0.3, 0.4) is 0 Å². The highest BCUT2D eigenvalue weighted by Gasteiger charge is 2.55. The molecule has 3 amide bonds. The first-order valence-corrected chi connectivity index (χ1v) is 19.6. The number of aromatic amines is 2. The SMILES string of the molecule is COC(=O)NC(C(=O)N1CC2(CC2)CC1c1ncc(-c2ccc3c(c2)C(F)(F)c2cc(-c4ccc5nc(C6C7CCC(C7)N6C=O)[nH]c5c4)ccc2-3)[nH]1)C(C)C. The molecule has 5 aromatic rings. The smallest absolute Gasteiger partial charge is 0.407 e. The Morgan fingerprint density at radius 3 is 2.39 bits per heavy atom. The molecule has 0 radical (unpaired) electrons. The van der Waals surface area contributed by atoms with Crippen LogP contribution in [-0.2, 0) is 20.2 Å². The van der Waals surface area contributed by atoms with Crippen molar-refractivity contribution < 1.29 is 27.9 Å². The summed E-state index contributed by atoms with van der Waals surface area (Å²) in [6.07, 6.45) is 7.81. The zero-order valence-electron chi connectivity index (χ0n) is 31.4. The van der Waals surface area contributed by atoms with Gasteiger partial charge in [-0.15, -0.1) is 0 Å². The Morgan fingerprint density at radius 2 is 1.68 bits per heavy atom. The highest BCUT2D eigenvalue weighted by atomic mass is 19.3. The van der Waals surface area contributed by atoms with Crippen molar-refractivity contribution in [2.45, 2.75) is 82.5 Å². The molecule has 2 saturated heterocycles. The van der Waals surface area contributed by atoms with Gasteiger partial charge >= 0.3 is 6.09 Å². The number of carbonyl (C=O) groups excluding carboxylic acids is 3. The molecule has 3 aromatic carbocycles. The Balaban J connectivity index is 0.914. The molecule has 1 spiro atoms. The number of nitrogens with one attached hydrogen (secondary N) is 3. The molecule has 288 valence electrons. The van der Waals surface area contributed by atoms with Gasteiger partial charge in [0.2, 0.25) is 12.3 Å². The highest BCUT2D eigenvalue weighted by Crippen LogP contribution is 2.59. The second kappa shape index (κ2) is 12.5. The first-order valence-electron chi connectivity index (χ1n) is 19.6. The van der Waals surface area contributed by atoms with E-state index >= 15 is 8.78 Å². The third kappa shape index (κ3) is 5.37. The van der Waals surface area contributed by atoms with Crippen LogP contribution < -0.4 is 5.32 Å². The molecule has 5 atom stereocenters. The van der Waals surface area contributed by atoms with Gasteiger partial charge in [-0.1, -0.05) is 44.2 Å². The van der Waals surface area contributed by atoms with Gasteiger partial charge in [0, 0.05) is 29.3 Å².